The van der Waals surface area contributed by atoms with Gasteiger partial charge < -0.3 is 10.6 Å². The number of nitrogens with one attached hydrogen (secondary N) is 3. The van der Waals surface area contributed by atoms with Crippen molar-refractivity contribution in [2.45, 2.75) is 77.3 Å². The van der Waals surface area contributed by atoms with Crippen LogP contribution in [0.5, 0.6) is 0 Å². The molecule has 0 aromatic rings. The number of carbonyl (C=O) groups excluding carboxylic acids is 3. The van der Waals surface area contributed by atoms with Crippen molar-refractivity contribution >= 4 is 17.8 Å². The van der Waals surface area contributed by atoms with E-state index in [1.165, 1.54) is 12.8 Å². The van der Waals surface area contributed by atoms with Crippen LogP contribution in [0, 0.1) is 22.7 Å². The molecule has 4 rings (SSSR count). The van der Waals surface area contributed by atoms with Gasteiger partial charge in [-0.25, -0.2) is 4.79 Å². The maximum atomic E-state index is 12.8. The lowest BCUT2D eigenvalue weighted by Crippen LogP contribution is -2.53. The topological polar surface area (TPSA) is 87.3 Å². The fourth-order valence-electron chi connectivity index (χ4n) is 5.96. The molecule has 4 aliphatic rings. The van der Waals surface area contributed by atoms with E-state index >= 15 is 0 Å². The summed E-state index contributed by atoms with van der Waals surface area (Å²) in [5.74, 6) is 0.546. The average Bonchev–Trinajstić information content (AvgIpc) is 3.02. The fraction of sp³-hybridized carbons (Fsp3) is 0.842. The molecule has 3 saturated carbocycles. The molecule has 3 N–H and O–H groups in total. The van der Waals surface area contributed by atoms with Crippen LogP contribution >= 0.6 is 0 Å². The van der Waals surface area contributed by atoms with E-state index in [4.69, 9.17) is 0 Å². The molecule has 0 aromatic heterocycles. The molecule has 4 fully saturated rings. The van der Waals surface area contributed by atoms with Crippen molar-refractivity contribution < 1.29 is 14.4 Å². The summed E-state index contributed by atoms with van der Waals surface area (Å²) in [6, 6.07) is -0.149. The second-order valence-electron chi connectivity index (χ2n) is 9.44. The first-order valence-electron chi connectivity index (χ1n) is 9.62. The lowest BCUT2D eigenvalue weighted by atomic mass is 9.69. The molecule has 3 aliphatic carbocycles. The first kappa shape index (κ1) is 16.9. The van der Waals surface area contributed by atoms with Crippen molar-refractivity contribution in [3.05, 3.63) is 0 Å². The van der Waals surface area contributed by atoms with E-state index in [0.717, 1.165) is 6.42 Å². The molecule has 4 amide bonds. The molecule has 3 atom stereocenters. The van der Waals surface area contributed by atoms with Crippen LogP contribution in [0.2, 0.25) is 0 Å². The highest BCUT2D eigenvalue weighted by molar-refractivity contribution is 6.07. The smallest absolute Gasteiger partial charge is 0.322 e. The minimum Gasteiger partial charge on any atom is -0.353 e. The molecule has 0 radical (unpaired) electrons. The van der Waals surface area contributed by atoms with Crippen molar-refractivity contribution in [3.63, 3.8) is 0 Å². The van der Waals surface area contributed by atoms with Crippen LogP contribution in [0.4, 0.5) is 4.79 Å². The van der Waals surface area contributed by atoms with E-state index in [1.54, 1.807) is 0 Å². The third kappa shape index (κ3) is 2.25. The summed E-state index contributed by atoms with van der Waals surface area (Å²) in [5.41, 5.74) is -0.315. The molecule has 1 heterocycles. The van der Waals surface area contributed by atoms with Crippen LogP contribution in [0.15, 0.2) is 0 Å². The highest BCUT2D eigenvalue weighted by Gasteiger charge is 2.61. The zero-order valence-electron chi connectivity index (χ0n) is 15.4. The van der Waals surface area contributed by atoms with Gasteiger partial charge in [0, 0.05) is 12.0 Å². The van der Waals surface area contributed by atoms with Gasteiger partial charge in [-0.1, -0.05) is 20.8 Å². The average molecular weight is 347 g/mol. The molecule has 0 aromatic carbocycles. The maximum absolute atomic E-state index is 12.8. The molecular weight excluding hydrogens is 318 g/mol. The molecule has 138 valence electrons. The van der Waals surface area contributed by atoms with Crippen LogP contribution in [-0.4, -0.2) is 29.4 Å². The summed E-state index contributed by atoms with van der Waals surface area (Å²) in [7, 11) is 0. The Kier molecular flexibility index (Phi) is 3.51. The molecule has 6 heteroatoms. The lowest BCUT2D eigenvalue weighted by molar-refractivity contribution is -0.131. The highest BCUT2D eigenvalue weighted by Crippen LogP contribution is 2.65. The Bertz CT molecular complexity index is 636. The van der Waals surface area contributed by atoms with Gasteiger partial charge in [0.1, 0.15) is 5.54 Å². The van der Waals surface area contributed by atoms with Gasteiger partial charge in [0.25, 0.3) is 5.91 Å². The highest BCUT2D eigenvalue weighted by atomic mass is 16.2. The molecule has 2 bridgehead atoms. The summed E-state index contributed by atoms with van der Waals surface area (Å²) >= 11 is 0. The number of fused-ring (bicyclic) bond motifs is 2. The predicted molar refractivity (Wildman–Crippen MR) is 92.5 cm³/mol. The number of urea groups is 1. The van der Waals surface area contributed by atoms with Crippen molar-refractivity contribution in [3.8, 4) is 0 Å². The Morgan fingerprint density at radius 2 is 1.76 bits per heavy atom. The minimum atomic E-state index is -0.783. The van der Waals surface area contributed by atoms with Crippen molar-refractivity contribution in [1.29, 1.82) is 0 Å². The van der Waals surface area contributed by atoms with Crippen molar-refractivity contribution in [2.75, 3.05) is 0 Å². The minimum absolute atomic E-state index is 0.0539. The lowest BCUT2D eigenvalue weighted by Gasteiger charge is -2.40. The summed E-state index contributed by atoms with van der Waals surface area (Å²) in [6.45, 7) is 7.03. The van der Waals surface area contributed by atoms with Crippen molar-refractivity contribution in [1.82, 2.24) is 16.0 Å². The SMILES string of the molecule is CC1(C)[C@H]2CC[C@@]1(C)[C@@H](NC(=O)C1CCC3(CC1)NC(=O)NC3=O)C2. The number of amides is 4. The Hall–Kier alpha value is -1.59. The van der Waals surface area contributed by atoms with Gasteiger partial charge in [0.2, 0.25) is 5.91 Å². The van der Waals surface area contributed by atoms with Crippen molar-refractivity contribution in [2.24, 2.45) is 22.7 Å². The van der Waals surface area contributed by atoms with Crippen LogP contribution < -0.4 is 16.0 Å². The van der Waals surface area contributed by atoms with E-state index < -0.39 is 11.6 Å². The summed E-state index contributed by atoms with van der Waals surface area (Å²) in [6.07, 6.45) is 5.93. The largest absolute Gasteiger partial charge is 0.353 e. The molecule has 1 saturated heterocycles. The third-order valence-corrected chi connectivity index (χ3v) is 8.33. The summed E-state index contributed by atoms with van der Waals surface area (Å²) < 4.78 is 0. The quantitative estimate of drug-likeness (QED) is 0.669. The number of hydrogen-bond donors (Lipinski definition) is 3. The second-order valence-corrected chi connectivity index (χ2v) is 9.44. The van der Waals surface area contributed by atoms with Gasteiger partial charge in [-0.15, -0.1) is 0 Å². The number of rotatable bonds is 2. The standard InChI is InChI=1S/C19H29N3O3/c1-17(2)12-6-7-18(17,3)13(10-12)20-14(23)11-4-8-19(9-5-11)15(24)21-16(25)22-19/h11-13H,4-10H2,1-3H3,(H,20,23)(H2,21,22,24,25)/t11?,12-,13-,18-,19?/m0/s1. The first-order valence-corrected chi connectivity index (χ1v) is 9.62. The van der Waals surface area contributed by atoms with Gasteiger partial charge in [0.15, 0.2) is 0 Å². The van der Waals surface area contributed by atoms with Gasteiger partial charge >= 0.3 is 6.03 Å². The molecule has 1 spiro atoms. The van der Waals surface area contributed by atoms with Crippen LogP contribution in [0.1, 0.15) is 65.7 Å². The van der Waals surface area contributed by atoms with Gasteiger partial charge in [-0.3, -0.25) is 14.9 Å². The Morgan fingerprint density at radius 1 is 1.08 bits per heavy atom. The number of imide groups is 1. The summed E-state index contributed by atoms with van der Waals surface area (Å²) in [4.78, 5) is 36.3. The maximum Gasteiger partial charge on any atom is 0.322 e. The normalized spacial score (nSPS) is 38.7. The van der Waals surface area contributed by atoms with Crippen LogP contribution in [0.3, 0.4) is 0 Å². The molecule has 6 nitrogen and oxygen atoms in total. The van der Waals surface area contributed by atoms with Gasteiger partial charge in [-0.05, 0) is 61.7 Å². The molecule has 1 aliphatic heterocycles. The van der Waals surface area contributed by atoms with E-state index in [1.807, 2.05) is 0 Å². The van der Waals surface area contributed by atoms with Crippen LogP contribution in [-0.2, 0) is 9.59 Å². The monoisotopic (exact) mass is 347 g/mol. The van der Waals surface area contributed by atoms with Gasteiger partial charge in [0.05, 0.1) is 0 Å². The Morgan fingerprint density at radius 3 is 2.24 bits per heavy atom. The number of hydrogen-bond acceptors (Lipinski definition) is 3. The molecule has 0 unspecified atom stereocenters. The number of carbonyl (C=O) groups is 3. The first-order chi connectivity index (χ1) is 11.7. The van der Waals surface area contributed by atoms with E-state index in [2.05, 4.69) is 36.7 Å². The van der Waals surface area contributed by atoms with Gasteiger partial charge in [-0.2, -0.15) is 0 Å². The Labute approximate surface area is 148 Å². The fourth-order valence-corrected chi connectivity index (χ4v) is 5.96. The Balaban J connectivity index is 1.38. The zero-order chi connectivity index (χ0) is 18.0. The van der Waals surface area contributed by atoms with E-state index in [9.17, 15) is 14.4 Å². The van der Waals surface area contributed by atoms with E-state index in [-0.39, 0.29) is 34.6 Å². The second kappa shape index (κ2) is 5.21. The molecular formula is C19H29N3O3. The summed E-state index contributed by atoms with van der Waals surface area (Å²) in [5, 5.41) is 8.43. The third-order valence-electron chi connectivity index (χ3n) is 8.33. The van der Waals surface area contributed by atoms with E-state index in [0.29, 0.717) is 31.6 Å². The predicted octanol–water partition coefficient (Wildman–Crippen LogP) is 2.09. The molecule has 25 heavy (non-hydrogen) atoms. The zero-order valence-corrected chi connectivity index (χ0v) is 15.4. The van der Waals surface area contributed by atoms with Crippen LogP contribution in [0.25, 0.3) is 0 Å².